The van der Waals surface area contributed by atoms with Crippen LogP contribution >= 0.6 is 0 Å². The van der Waals surface area contributed by atoms with E-state index in [-0.39, 0.29) is 5.91 Å². The molecule has 0 heterocycles. The van der Waals surface area contributed by atoms with Gasteiger partial charge in [-0.15, -0.1) is 0 Å². The number of ether oxygens (including phenoxy) is 1. The van der Waals surface area contributed by atoms with Crippen molar-refractivity contribution in [2.24, 2.45) is 0 Å². The van der Waals surface area contributed by atoms with E-state index in [9.17, 15) is 4.79 Å². The van der Waals surface area contributed by atoms with E-state index in [2.05, 4.69) is 5.32 Å². The molecular formula is C22H18N2O2. The molecule has 0 aromatic heterocycles. The van der Waals surface area contributed by atoms with Crippen molar-refractivity contribution in [2.45, 2.75) is 13.0 Å². The van der Waals surface area contributed by atoms with Gasteiger partial charge in [0.2, 0.25) is 0 Å². The molecule has 4 heteroatoms. The Hall–Kier alpha value is -3.58. The Morgan fingerprint density at radius 1 is 0.962 bits per heavy atom. The number of hydrogen-bond acceptors (Lipinski definition) is 3. The fraction of sp³-hybridized carbons (Fsp3) is 0.0909. The molecule has 0 bridgehead atoms. The second kappa shape index (κ2) is 8.00. The summed E-state index contributed by atoms with van der Waals surface area (Å²) >= 11 is 0. The van der Waals surface area contributed by atoms with Gasteiger partial charge in [-0.3, -0.25) is 4.79 Å². The molecule has 3 aromatic rings. The molecule has 0 aliphatic carbocycles. The van der Waals surface area contributed by atoms with Crippen LogP contribution in [0.3, 0.4) is 0 Å². The third-order valence-corrected chi connectivity index (χ3v) is 3.90. The third kappa shape index (κ3) is 4.28. The van der Waals surface area contributed by atoms with Gasteiger partial charge >= 0.3 is 0 Å². The average molecular weight is 342 g/mol. The first kappa shape index (κ1) is 17.2. The Kier molecular flexibility index (Phi) is 5.31. The summed E-state index contributed by atoms with van der Waals surface area (Å²) in [6, 6.07) is 26.5. The predicted molar refractivity (Wildman–Crippen MR) is 102 cm³/mol. The van der Waals surface area contributed by atoms with E-state index in [0.29, 0.717) is 17.0 Å². The third-order valence-electron chi connectivity index (χ3n) is 3.90. The van der Waals surface area contributed by atoms with Crippen LogP contribution < -0.4 is 10.1 Å². The van der Waals surface area contributed by atoms with E-state index in [0.717, 1.165) is 11.1 Å². The molecule has 0 spiro atoms. The van der Waals surface area contributed by atoms with Crippen molar-refractivity contribution in [3.8, 4) is 22.9 Å². The lowest BCUT2D eigenvalue weighted by Crippen LogP contribution is -2.30. The first-order valence-electron chi connectivity index (χ1n) is 8.29. The molecule has 1 amide bonds. The normalized spacial score (nSPS) is 11.2. The fourth-order valence-corrected chi connectivity index (χ4v) is 2.52. The van der Waals surface area contributed by atoms with Crippen LogP contribution in [0.15, 0.2) is 78.9 Å². The van der Waals surface area contributed by atoms with Crippen molar-refractivity contribution in [1.82, 2.24) is 0 Å². The highest BCUT2D eigenvalue weighted by atomic mass is 16.5. The minimum Gasteiger partial charge on any atom is -0.481 e. The van der Waals surface area contributed by atoms with Gasteiger partial charge in [-0.1, -0.05) is 48.5 Å². The molecule has 1 atom stereocenters. The summed E-state index contributed by atoms with van der Waals surface area (Å²) in [5.74, 6) is 0.242. The predicted octanol–water partition coefficient (Wildman–Crippen LogP) is 4.63. The Morgan fingerprint density at radius 2 is 1.65 bits per heavy atom. The topological polar surface area (TPSA) is 62.1 Å². The summed E-state index contributed by atoms with van der Waals surface area (Å²) in [5, 5.41) is 11.8. The van der Waals surface area contributed by atoms with Crippen molar-refractivity contribution >= 4 is 11.6 Å². The Labute approximate surface area is 152 Å². The highest BCUT2D eigenvalue weighted by Crippen LogP contribution is 2.21. The molecular weight excluding hydrogens is 324 g/mol. The first-order valence-corrected chi connectivity index (χ1v) is 8.29. The molecule has 128 valence electrons. The van der Waals surface area contributed by atoms with Crippen molar-refractivity contribution in [3.63, 3.8) is 0 Å². The number of rotatable bonds is 5. The van der Waals surface area contributed by atoms with Gasteiger partial charge in [0.1, 0.15) is 5.75 Å². The highest BCUT2D eigenvalue weighted by Gasteiger charge is 2.15. The van der Waals surface area contributed by atoms with Gasteiger partial charge in [0.25, 0.3) is 5.91 Å². The Morgan fingerprint density at radius 3 is 2.35 bits per heavy atom. The van der Waals surface area contributed by atoms with Crippen LogP contribution in [0.1, 0.15) is 12.5 Å². The standard InChI is InChI=1S/C22H18N2O2/c1-16(26-21-9-5-6-17(14-21)15-23)22(25)24-20-12-10-19(11-13-20)18-7-3-2-4-8-18/h2-14,16H,1H3,(H,24,25). The number of carbonyl (C=O) groups excluding carboxylic acids is 1. The van der Waals surface area contributed by atoms with E-state index < -0.39 is 6.10 Å². The smallest absolute Gasteiger partial charge is 0.265 e. The lowest BCUT2D eigenvalue weighted by molar-refractivity contribution is -0.122. The molecule has 0 radical (unpaired) electrons. The van der Waals surface area contributed by atoms with E-state index in [1.807, 2.05) is 60.7 Å². The van der Waals surface area contributed by atoms with E-state index in [4.69, 9.17) is 10.00 Å². The summed E-state index contributed by atoms with van der Waals surface area (Å²) in [6.07, 6.45) is -0.683. The average Bonchev–Trinajstić information content (AvgIpc) is 2.69. The molecule has 0 aliphatic heterocycles. The second-order valence-corrected chi connectivity index (χ2v) is 5.83. The van der Waals surface area contributed by atoms with Gasteiger partial charge < -0.3 is 10.1 Å². The van der Waals surface area contributed by atoms with Gasteiger partial charge in [0, 0.05) is 5.69 Å². The lowest BCUT2D eigenvalue weighted by atomic mass is 10.1. The van der Waals surface area contributed by atoms with Crippen LogP contribution in [-0.2, 0) is 4.79 Å². The molecule has 4 nitrogen and oxygen atoms in total. The maximum absolute atomic E-state index is 12.3. The molecule has 0 saturated carbocycles. The molecule has 26 heavy (non-hydrogen) atoms. The largest absolute Gasteiger partial charge is 0.481 e. The van der Waals surface area contributed by atoms with Crippen molar-refractivity contribution in [2.75, 3.05) is 5.32 Å². The molecule has 1 N–H and O–H groups in total. The number of amides is 1. The number of carbonyl (C=O) groups is 1. The van der Waals surface area contributed by atoms with Crippen LogP contribution in [0.25, 0.3) is 11.1 Å². The minimum absolute atomic E-state index is 0.250. The molecule has 3 rings (SSSR count). The maximum atomic E-state index is 12.3. The number of nitrogens with one attached hydrogen (secondary N) is 1. The van der Waals surface area contributed by atoms with Crippen LogP contribution in [0.2, 0.25) is 0 Å². The zero-order valence-electron chi connectivity index (χ0n) is 14.3. The number of nitriles is 1. The zero-order valence-corrected chi connectivity index (χ0v) is 14.3. The summed E-state index contributed by atoms with van der Waals surface area (Å²) in [6.45, 7) is 1.67. The maximum Gasteiger partial charge on any atom is 0.265 e. The monoisotopic (exact) mass is 342 g/mol. The number of nitrogens with zero attached hydrogens (tertiary/aromatic N) is 1. The second-order valence-electron chi connectivity index (χ2n) is 5.83. The van der Waals surface area contributed by atoms with Gasteiger partial charge in [-0.2, -0.15) is 5.26 Å². The number of anilines is 1. The fourth-order valence-electron chi connectivity index (χ4n) is 2.52. The van der Waals surface area contributed by atoms with Crippen LogP contribution in [0.5, 0.6) is 5.75 Å². The van der Waals surface area contributed by atoms with Crippen molar-refractivity contribution in [1.29, 1.82) is 5.26 Å². The van der Waals surface area contributed by atoms with Crippen LogP contribution in [0.4, 0.5) is 5.69 Å². The number of hydrogen-bond donors (Lipinski definition) is 1. The SMILES string of the molecule is CC(Oc1cccc(C#N)c1)C(=O)Nc1ccc(-c2ccccc2)cc1. The van der Waals surface area contributed by atoms with Gasteiger partial charge in [-0.25, -0.2) is 0 Å². The van der Waals surface area contributed by atoms with Gasteiger partial charge in [-0.05, 0) is 48.4 Å². The Balaban J connectivity index is 1.63. The first-order chi connectivity index (χ1) is 12.7. The summed E-state index contributed by atoms with van der Waals surface area (Å²) < 4.78 is 5.62. The highest BCUT2D eigenvalue weighted by molar-refractivity contribution is 5.94. The number of benzene rings is 3. The van der Waals surface area contributed by atoms with E-state index in [1.165, 1.54) is 0 Å². The van der Waals surface area contributed by atoms with Crippen LogP contribution in [-0.4, -0.2) is 12.0 Å². The zero-order chi connectivity index (χ0) is 18.4. The minimum atomic E-state index is -0.683. The molecule has 1 unspecified atom stereocenters. The summed E-state index contributed by atoms with van der Waals surface area (Å²) in [7, 11) is 0. The van der Waals surface area contributed by atoms with E-state index in [1.54, 1.807) is 31.2 Å². The molecule has 0 saturated heterocycles. The Bertz CT molecular complexity index is 928. The van der Waals surface area contributed by atoms with E-state index >= 15 is 0 Å². The summed E-state index contributed by atoms with van der Waals surface area (Å²) in [5.41, 5.74) is 3.41. The molecule has 0 fully saturated rings. The van der Waals surface area contributed by atoms with Gasteiger partial charge in [0.15, 0.2) is 6.10 Å². The van der Waals surface area contributed by atoms with Crippen molar-refractivity contribution < 1.29 is 9.53 Å². The molecule has 0 aliphatic rings. The van der Waals surface area contributed by atoms with Crippen LogP contribution in [0, 0.1) is 11.3 Å². The molecule has 3 aromatic carbocycles. The lowest BCUT2D eigenvalue weighted by Gasteiger charge is -2.15. The quantitative estimate of drug-likeness (QED) is 0.735. The summed E-state index contributed by atoms with van der Waals surface area (Å²) in [4.78, 5) is 12.3. The van der Waals surface area contributed by atoms with Gasteiger partial charge in [0.05, 0.1) is 11.6 Å². The van der Waals surface area contributed by atoms with Crippen molar-refractivity contribution in [3.05, 3.63) is 84.4 Å².